The van der Waals surface area contributed by atoms with E-state index in [1.54, 1.807) is 6.92 Å². The Balaban J connectivity index is 0.00000127. The van der Waals surface area contributed by atoms with Gasteiger partial charge in [0.05, 0.1) is 13.2 Å². The van der Waals surface area contributed by atoms with Gasteiger partial charge in [-0.2, -0.15) is 0 Å². The fraction of sp³-hybridized carbons (Fsp3) is 1.00. The lowest BCUT2D eigenvalue weighted by molar-refractivity contribution is -0.342. The number of aliphatic hydroxyl groups is 5. The van der Waals surface area contributed by atoms with E-state index in [1.807, 2.05) is 13.8 Å². The molecule has 0 radical (unpaired) electrons. The van der Waals surface area contributed by atoms with Crippen molar-refractivity contribution in [2.45, 2.75) is 70.0 Å². The van der Waals surface area contributed by atoms with Crippen molar-refractivity contribution in [2.24, 2.45) is 0 Å². The topological polar surface area (TPSA) is 138 Å². The summed E-state index contributed by atoms with van der Waals surface area (Å²) in [6.45, 7) is 5.68. The molecule has 23 heavy (non-hydrogen) atoms. The summed E-state index contributed by atoms with van der Waals surface area (Å²) in [4.78, 5) is 0. The fourth-order valence-electron chi connectivity index (χ4n) is 2.27. The second-order valence-corrected chi connectivity index (χ2v) is 5.07. The normalized spacial score (nSPS) is 44.3. The van der Waals surface area contributed by atoms with Crippen molar-refractivity contribution in [2.75, 3.05) is 19.8 Å². The molecule has 8 unspecified atom stereocenters. The Morgan fingerprint density at radius 3 is 1.91 bits per heavy atom. The predicted octanol–water partition coefficient (Wildman–Crippen LogP) is -2.05. The first-order valence-electron chi connectivity index (χ1n) is 7.86. The minimum atomic E-state index is -1.50. The van der Waals surface area contributed by atoms with Crippen LogP contribution >= 0.6 is 0 Å². The molecule has 0 aromatic carbocycles. The molecule has 2 saturated heterocycles. The fourth-order valence-corrected chi connectivity index (χ4v) is 2.27. The summed E-state index contributed by atoms with van der Waals surface area (Å²) in [5, 5.41) is 48.4. The van der Waals surface area contributed by atoms with Crippen molar-refractivity contribution in [3.05, 3.63) is 0 Å². The van der Waals surface area contributed by atoms with Crippen molar-refractivity contribution in [1.82, 2.24) is 0 Å². The Labute approximate surface area is 135 Å². The summed E-state index contributed by atoms with van der Waals surface area (Å²) >= 11 is 0. The van der Waals surface area contributed by atoms with Crippen molar-refractivity contribution in [3.8, 4) is 0 Å². The van der Waals surface area contributed by atoms with E-state index in [1.165, 1.54) is 0 Å². The summed E-state index contributed by atoms with van der Waals surface area (Å²) in [7, 11) is 0. The van der Waals surface area contributed by atoms with Crippen LogP contribution < -0.4 is 0 Å². The molecule has 2 aliphatic heterocycles. The van der Waals surface area contributed by atoms with Gasteiger partial charge in [-0.1, -0.05) is 13.8 Å². The van der Waals surface area contributed by atoms with Gasteiger partial charge in [-0.05, 0) is 6.92 Å². The quantitative estimate of drug-likeness (QED) is 0.391. The third kappa shape index (κ3) is 5.05. The highest BCUT2D eigenvalue weighted by atomic mass is 16.7. The standard InChI is InChI=1S/C12H22O9.C2H6/c1-2-18-12-10(8(16)6(14)4-20-12)21-11-9(17)7(15)5(13)3-19-11;1-2/h5-17H,2-4H2,1H3;1-2H3. The lowest BCUT2D eigenvalue weighted by Gasteiger charge is -2.42. The average Bonchev–Trinajstić information content (AvgIpc) is 2.56. The van der Waals surface area contributed by atoms with Crippen molar-refractivity contribution in [1.29, 1.82) is 0 Å². The van der Waals surface area contributed by atoms with Gasteiger partial charge in [0.2, 0.25) is 0 Å². The smallest absolute Gasteiger partial charge is 0.186 e. The SMILES string of the molecule is CC.CCOC1OCC(O)C(O)C1OC1OCC(O)C(O)C1O. The predicted molar refractivity (Wildman–Crippen MR) is 77.4 cm³/mol. The van der Waals surface area contributed by atoms with Crippen LogP contribution in [0.15, 0.2) is 0 Å². The van der Waals surface area contributed by atoms with Crippen LogP contribution in [-0.4, -0.2) is 94.6 Å². The Morgan fingerprint density at radius 2 is 1.35 bits per heavy atom. The van der Waals surface area contributed by atoms with Crippen molar-refractivity contribution in [3.63, 3.8) is 0 Å². The Bertz CT molecular complexity index is 329. The van der Waals surface area contributed by atoms with Crippen molar-refractivity contribution >= 4 is 0 Å². The molecular formula is C14H28O9. The monoisotopic (exact) mass is 340 g/mol. The molecule has 0 amide bonds. The molecule has 5 N–H and O–H groups in total. The van der Waals surface area contributed by atoms with E-state index in [9.17, 15) is 25.5 Å². The van der Waals surface area contributed by atoms with Gasteiger partial charge in [-0.3, -0.25) is 0 Å². The zero-order valence-electron chi connectivity index (χ0n) is 13.6. The van der Waals surface area contributed by atoms with Crippen LogP contribution in [0.3, 0.4) is 0 Å². The highest BCUT2D eigenvalue weighted by Crippen LogP contribution is 2.25. The molecule has 138 valence electrons. The molecule has 9 nitrogen and oxygen atoms in total. The zero-order chi connectivity index (χ0) is 17.6. The molecule has 2 aliphatic rings. The summed E-state index contributed by atoms with van der Waals surface area (Å²) in [6, 6.07) is 0. The van der Waals surface area contributed by atoms with Crippen LogP contribution in [-0.2, 0) is 18.9 Å². The Kier molecular flexibility index (Phi) is 8.83. The van der Waals surface area contributed by atoms with Gasteiger partial charge in [-0.25, -0.2) is 0 Å². The average molecular weight is 340 g/mol. The number of rotatable bonds is 4. The van der Waals surface area contributed by atoms with Gasteiger partial charge >= 0.3 is 0 Å². The van der Waals surface area contributed by atoms with Crippen LogP contribution in [0, 0.1) is 0 Å². The second kappa shape index (κ2) is 9.82. The molecule has 0 aliphatic carbocycles. The van der Waals surface area contributed by atoms with E-state index in [0.717, 1.165) is 0 Å². The maximum absolute atomic E-state index is 9.99. The van der Waals surface area contributed by atoms with E-state index < -0.39 is 49.2 Å². The number of hydrogen-bond acceptors (Lipinski definition) is 9. The van der Waals surface area contributed by atoms with E-state index >= 15 is 0 Å². The Hall–Kier alpha value is -0.360. The van der Waals surface area contributed by atoms with Gasteiger partial charge < -0.3 is 44.5 Å². The van der Waals surface area contributed by atoms with Gasteiger partial charge in [0.25, 0.3) is 0 Å². The lowest BCUT2D eigenvalue weighted by Crippen LogP contribution is -2.60. The Morgan fingerprint density at radius 1 is 0.826 bits per heavy atom. The van der Waals surface area contributed by atoms with Gasteiger partial charge in [-0.15, -0.1) is 0 Å². The molecular weight excluding hydrogens is 312 g/mol. The molecule has 8 atom stereocenters. The second-order valence-electron chi connectivity index (χ2n) is 5.07. The maximum Gasteiger partial charge on any atom is 0.186 e. The summed E-state index contributed by atoms with van der Waals surface area (Å²) in [5.41, 5.74) is 0. The summed E-state index contributed by atoms with van der Waals surface area (Å²) in [6.07, 6.45) is -9.93. The highest BCUT2D eigenvalue weighted by Gasteiger charge is 2.46. The van der Waals surface area contributed by atoms with E-state index in [0.29, 0.717) is 6.61 Å². The first-order chi connectivity index (χ1) is 11.0. The summed E-state index contributed by atoms with van der Waals surface area (Å²) in [5.74, 6) is 0. The molecule has 9 heteroatoms. The van der Waals surface area contributed by atoms with Crippen LogP contribution in [0.4, 0.5) is 0 Å². The van der Waals surface area contributed by atoms with Gasteiger partial charge in [0.15, 0.2) is 12.6 Å². The largest absolute Gasteiger partial charge is 0.388 e. The minimum absolute atomic E-state index is 0.110. The van der Waals surface area contributed by atoms with E-state index in [-0.39, 0.29) is 13.2 Å². The third-order valence-corrected chi connectivity index (χ3v) is 3.51. The first kappa shape index (κ1) is 20.7. The highest BCUT2D eigenvalue weighted by molar-refractivity contribution is 4.88. The molecule has 2 heterocycles. The molecule has 0 spiro atoms. The molecule has 2 rings (SSSR count). The third-order valence-electron chi connectivity index (χ3n) is 3.51. The lowest BCUT2D eigenvalue weighted by atomic mass is 10.0. The molecule has 0 aromatic rings. The molecule has 2 fully saturated rings. The number of hydrogen-bond donors (Lipinski definition) is 5. The van der Waals surface area contributed by atoms with Gasteiger partial charge in [0.1, 0.15) is 36.6 Å². The van der Waals surface area contributed by atoms with Crippen LogP contribution in [0.5, 0.6) is 0 Å². The van der Waals surface area contributed by atoms with Crippen molar-refractivity contribution < 1.29 is 44.5 Å². The van der Waals surface area contributed by atoms with Crippen LogP contribution in [0.25, 0.3) is 0 Å². The minimum Gasteiger partial charge on any atom is -0.388 e. The molecule has 0 saturated carbocycles. The molecule has 0 aromatic heterocycles. The van der Waals surface area contributed by atoms with E-state index in [4.69, 9.17) is 18.9 Å². The maximum atomic E-state index is 9.99. The van der Waals surface area contributed by atoms with E-state index in [2.05, 4.69) is 0 Å². The van der Waals surface area contributed by atoms with Crippen LogP contribution in [0.1, 0.15) is 20.8 Å². The molecule has 0 bridgehead atoms. The van der Waals surface area contributed by atoms with Crippen LogP contribution in [0.2, 0.25) is 0 Å². The van der Waals surface area contributed by atoms with Gasteiger partial charge in [0, 0.05) is 6.61 Å². The summed E-state index contributed by atoms with van der Waals surface area (Å²) < 4.78 is 21.0. The number of aliphatic hydroxyl groups excluding tert-OH is 5. The first-order valence-corrected chi connectivity index (χ1v) is 7.86. The zero-order valence-corrected chi connectivity index (χ0v) is 13.6. The number of ether oxygens (including phenoxy) is 4.